The molecule has 0 saturated carbocycles. The first-order chi connectivity index (χ1) is 13.3. The summed E-state index contributed by atoms with van der Waals surface area (Å²) in [4.78, 5) is 12.0. The second-order valence-corrected chi connectivity index (χ2v) is 7.50. The number of nitrogens with zero attached hydrogens (tertiary/aromatic N) is 3. The first-order valence-electron chi connectivity index (χ1n) is 9.84. The molecule has 0 aliphatic carbocycles. The van der Waals surface area contributed by atoms with E-state index < -0.39 is 0 Å². The van der Waals surface area contributed by atoms with Gasteiger partial charge >= 0.3 is 0 Å². The molecule has 6 heteroatoms. The van der Waals surface area contributed by atoms with Crippen molar-refractivity contribution in [3.63, 3.8) is 0 Å². The number of hydrogen-bond acceptors (Lipinski definition) is 6. The van der Waals surface area contributed by atoms with Gasteiger partial charge < -0.3 is 14.2 Å². The Bertz CT molecular complexity index is 785. The molecule has 0 atom stereocenters. The minimum atomic E-state index is -0.284. The number of aromatic nitrogens is 2. The van der Waals surface area contributed by atoms with Gasteiger partial charge in [-0.15, -0.1) is 0 Å². The maximum absolute atomic E-state index is 6.36. The second kappa shape index (κ2) is 7.28. The van der Waals surface area contributed by atoms with Crippen LogP contribution in [0.15, 0.2) is 36.5 Å². The number of fused-ring (bicyclic) bond motifs is 2. The van der Waals surface area contributed by atoms with Crippen molar-refractivity contribution in [2.45, 2.75) is 31.2 Å². The highest BCUT2D eigenvalue weighted by Gasteiger charge is 2.43. The van der Waals surface area contributed by atoms with E-state index in [-0.39, 0.29) is 11.9 Å². The Hall–Kier alpha value is -1.86. The Morgan fingerprint density at radius 2 is 1.81 bits per heavy atom. The molecule has 0 bridgehead atoms. The SMILES string of the molecule is c1ccc(-c2ncc3c(n2)C2(CCN(CC4OCCO4)CC2)OCC3)cc1. The summed E-state index contributed by atoms with van der Waals surface area (Å²) in [5.41, 5.74) is 3.09. The lowest BCUT2D eigenvalue weighted by Crippen LogP contribution is -2.48. The highest BCUT2D eigenvalue weighted by atomic mass is 16.7. The van der Waals surface area contributed by atoms with Crippen LogP contribution in [0.1, 0.15) is 24.1 Å². The molecule has 27 heavy (non-hydrogen) atoms. The van der Waals surface area contributed by atoms with Crippen LogP contribution in [0, 0.1) is 0 Å². The van der Waals surface area contributed by atoms with Gasteiger partial charge in [-0.1, -0.05) is 30.3 Å². The molecule has 3 aliphatic rings. The van der Waals surface area contributed by atoms with E-state index in [9.17, 15) is 0 Å². The normalized spacial score (nSPS) is 22.8. The smallest absolute Gasteiger partial charge is 0.170 e. The fourth-order valence-corrected chi connectivity index (χ4v) is 4.34. The molecule has 1 aromatic heterocycles. The Morgan fingerprint density at radius 3 is 2.59 bits per heavy atom. The van der Waals surface area contributed by atoms with Gasteiger partial charge in [-0.05, 0) is 24.8 Å². The molecule has 4 heterocycles. The van der Waals surface area contributed by atoms with Crippen LogP contribution in [0.5, 0.6) is 0 Å². The van der Waals surface area contributed by atoms with Gasteiger partial charge in [0.05, 0.1) is 25.5 Å². The van der Waals surface area contributed by atoms with E-state index in [1.54, 1.807) is 0 Å². The van der Waals surface area contributed by atoms with Gasteiger partial charge in [0.25, 0.3) is 0 Å². The number of piperidine rings is 1. The molecule has 2 fully saturated rings. The maximum Gasteiger partial charge on any atom is 0.170 e. The first kappa shape index (κ1) is 17.3. The molecular formula is C21H25N3O3. The summed E-state index contributed by atoms with van der Waals surface area (Å²) in [5.74, 6) is 0.786. The average molecular weight is 367 g/mol. The monoisotopic (exact) mass is 367 g/mol. The summed E-state index contributed by atoms with van der Waals surface area (Å²) in [5, 5.41) is 0. The van der Waals surface area contributed by atoms with Crippen LogP contribution in [0.25, 0.3) is 11.4 Å². The third-order valence-electron chi connectivity index (χ3n) is 5.84. The van der Waals surface area contributed by atoms with Crippen molar-refractivity contribution in [1.29, 1.82) is 0 Å². The van der Waals surface area contributed by atoms with Crippen LogP contribution < -0.4 is 0 Å². The van der Waals surface area contributed by atoms with E-state index in [0.717, 1.165) is 62.6 Å². The van der Waals surface area contributed by atoms with Crippen molar-refractivity contribution in [3.05, 3.63) is 47.8 Å². The maximum atomic E-state index is 6.36. The number of likely N-dealkylation sites (tertiary alicyclic amines) is 1. The predicted molar refractivity (Wildman–Crippen MR) is 100 cm³/mol. The van der Waals surface area contributed by atoms with E-state index in [4.69, 9.17) is 19.2 Å². The van der Waals surface area contributed by atoms with Crippen molar-refractivity contribution < 1.29 is 14.2 Å². The molecule has 6 nitrogen and oxygen atoms in total. The van der Waals surface area contributed by atoms with Crippen LogP contribution >= 0.6 is 0 Å². The Labute approximate surface area is 159 Å². The molecular weight excluding hydrogens is 342 g/mol. The number of benzene rings is 1. The quantitative estimate of drug-likeness (QED) is 0.830. The molecule has 142 valence electrons. The molecule has 0 amide bonds. The highest BCUT2D eigenvalue weighted by molar-refractivity contribution is 5.55. The number of rotatable bonds is 3. The molecule has 0 unspecified atom stereocenters. The molecule has 1 aromatic carbocycles. The molecule has 5 rings (SSSR count). The van der Waals surface area contributed by atoms with Crippen molar-refractivity contribution in [1.82, 2.24) is 14.9 Å². The predicted octanol–water partition coefficient (Wildman–Crippen LogP) is 2.38. The summed E-state index contributed by atoms with van der Waals surface area (Å²) >= 11 is 0. The fourth-order valence-electron chi connectivity index (χ4n) is 4.34. The highest BCUT2D eigenvalue weighted by Crippen LogP contribution is 2.41. The largest absolute Gasteiger partial charge is 0.368 e. The Balaban J connectivity index is 1.37. The standard InChI is InChI=1S/C21H25N3O3/c1-2-4-16(5-3-1)20-22-14-17-6-11-27-21(19(17)23-20)7-9-24(10-8-21)15-18-25-12-13-26-18/h1-5,14,18H,6-13,15H2. The van der Waals surface area contributed by atoms with Gasteiger partial charge in [0.1, 0.15) is 5.60 Å². The lowest BCUT2D eigenvalue weighted by molar-refractivity contribution is -0.117. The summed E-state index contributed by atoms with van der Waals surface area (Å²) < 4.78 is 17.6. The van der Waals surface area contributed by atoms with E-state index >= 15 is 0 Å². The number of ether oxygens (including phenoxy) is 3. The van der Waals surface area contributed by atoms with Gasteiger partial charge in [-0.25, -0.2) is 9.97 Å². The number of hydrogen-bond donors (Lipinski definition) is 0. The molecule has 0 radical (unpaired) electrons. The van der Waals surface area contributed by atoms with E-state index in [0.29, 0.717) is 13.2 Å². The van der Waals surface area contributed by atoms with Crippen LogP contribution in [-0.4, -0.2) is 60.6 Å². The Kier molecular flexibility index (Phi) is 4.65. The van der Waals surface area contributed by atoms with Crippen LogP contribution in [0.2, 0.25) is 0 Å². The molecule has 0 N–H and O–H groups in total. The lowest BCUT2D eigenvalue weighted by Gasteiger charge is -2.44. The summed E-state index contributed by atoms with van der Waals surface area (Å²) in [6.45, 7) is 4.93. The van der Waals surface area contributed by atoms with E-state index in [2.05, 4.69) is 22.0 Å². The van der Waals surface area contributed by atoms with Crippen LogP contribution in [0.3, 0.4) is 0 Å². The second-order valence-electron chi connectivity index (χ2n) is 7.50. The zero-order valence-corrected chi connectivity index (χ0v) is 15.5. The molecule has 2 saturated heterocycles. The Morgan fingerprint density at radius 1 is 1.04 bits per heavy atom. The zero-order valence-electron chi connectivity index (χ0n) is 15.5. The topological polar surface area (TPSA) is 56.7 Å². The zero-order chi connectivity index (χ0) is 18.1. The van der Waals surface area contributed by atoms with Crippen molar-refractivity contribution in [2.75, 3.05) is 39.5 Å². The van der Waals surface area contributed by atoms with Gasteiger partial charge in [-0.3, -0.25) is 4.90 Å². The van der Waals surface area contributed by atoms with Crippen molar-refractivity contribution >= 4 is 0 Å². The minimum Gasteiger partial charge on any atom is -0.368 e. The third kappa shape index (κ3) is 3.38. The molecule has 1 spiro atoms. The van der Waals surface area contributed by atoms with E-state index in [1.807, 2.05) is 24.4 Å². The van der Waals surface area contributed by atoms with Crippen molar-refractivity contribution in [3.8, 4) is 11.4 Å². The molecule has 2 aromatic rings. The first-order valence-corrected chi connectivity index (χ1v) is 9.84. The fraction of sp³-hybridized carbons (Fsp3) is 0.524. The van der Waals surface area contributed by atoms with Crippen LogP contribution in [0.4, 0.5) is 0 Å². The molecule has 3 aliphatic heterocycles. The van der Waals surface area contributed by atoms with Gasteiger partial charge in [0, 0.05) is 31.4 Å². The summed E-state index contributed by atoms with van der Waals surface area (Å²) in [6.07, 6.45) is 4.70. The third-order valence-corrected chi connectivity index (χ3v) is 5.84. The van der Waals surface area contributed by atoms with Gasteiger partial charge in [0.15, 0.2) is 12.1 Å². The average Bonchev–Trinajstić information content (AvgIpc) is 3.24. The van der Waals surface area contributed by atoms with Crippen molar-refractivity contribution in [2.24, 2.45) is 0 Å². The van der Waals surface area contributed by atoms with Crippen LogP contribution in [-0.2, 0) is 26.2 Å². The van der Waals surface area contributed by atoms with Gasteiger partial charge in [0.2, 0.25) is 0 Å². The lowest BCUT2D eigenvalue weighted by atomic mass is 9.83. The summed E-state index contributed by atoms with van der Waals surface area (Å²) in [6, 6.07) is 10.2. The van der Waals surface area contributed by atoms with Gasteiger partial charge in [-0.2, -0.15) is 0 Å². The summed E-state index contributed by atoms with van der Waals surface area (Å²) in [7, 11) is 0. The minimum absolute atomic E-state index is 0.0781. The van der Waals surface area contributed by atoms with E-state index in [1.165, 1.54) is 5.56 Å².